The van der Waals surface area contributed by atoms with Crippen LogP contribution in [0.5, 0.6) is 0 Å². The molecule has 18 heavy (non-hydrogen) atoms. The van der Waals surface area contributed by atoms with Crippen molar-refractivity contribution in [2.75, 3.05) is 0 Å². The fourth-order valence-electron chi connectivity index (χ4n) is 1.93. The molecule has 0 radical (unpaired) electrons. The van der Waals surface area contributed by atoms with Crippen LogP contribution in [-0.2, 0) is 11.2 Å². The van der Waals surface area contributed by atoms with Gasteiger partial charge in [-0.3, -0.25) is 4.79 Å². The average molecular weight is 248 g/mol. The maximum absolute atomic E-state index is 10.5. The van der Waals surface area contributed by atoms with Crippen molar-refractivity contribution in [1.29, 1.82) is 0 Å². The van der Waals surface area contributed by atoms with Crippen LogP contribution < -0.4 is 0 Å². The van der Waals surface area contributed by atoms with Gasteiger partial charge in [-0.05, 0) is 24.8 Å². The SMILES string of the molecule is C=CC(CCC(=O)O)C(O)CCc1ccccc1. The van der Waals surface area contributed by atoms with Gasteiger partial charge in [-0.25, -0.2) is 0 Å². The predicted octanol–water partition coefficient (Wildman–Crippen LogP) is 2.65. The molecule has 0 aliphatic heterocycles. The third-order valence-corrected chi connectivity index (χ3v) is 3.06. The molecule has 1 rings (SSSR count). The van der Waals surface area contributed by atoms with Gasteiger partial charge in [-0.15, -0.1) is 6.58 Å². The zero-order valence-corrected chi connectivity index (χ0v) is 10.5. The first-order valence-electron chi connectivity index (χ1n) is 6.20. The van der Waals surface area contributed by atoms with E-state index in [9.17, 15) is 9.90 Å². The second-order valence-corrected chi connectivity index (χ2v) is 4.42. The topological polar surface area (TPSA) is 57.5 Å². The second-order valence-electron chi connectivity index (χ2n) is 4.42. The Hall–Kier alpha value is -1.61. The highest BCUT2D eigenvalue weighted by Gasteiger charge is 2.16. The van der Waals surface area contributed by atoms with Gasteiger partial charge in [-0.2, -0.15) is 0 Å². The van der Waals surface area contributed by atoms with E-state index in [-0.39, 0.29) is 12.3 Å². The molecule has 3 heteroatoms. The molecule has 0 aromatic heterocycles. The first-order valence-corrected chi connectivity index (χ1v) is 6.20. The molecule has 0 fully saturated rings. The molecule has 0 aliphatic carbocycles. The third-order valence-electron chi connectivity index (χ3n) is 3.06. The minimum atomic E-state index is -0.836. The third kappa shape index (κ3) is 5.15. The molecule has 2 atom stereocenters. The Morgan fingerprint density at radius 3 is 2.50 bits per heavy atom. The summed E-state index contributed by atoms with van der Waals surface area (Å²) in [6.45, 7) is 3.66. The molecular weight excluding hydrogens is 228 g/mol. The monoisotopic (exact) mass is 248 g/mol. The van der Waals surface area contributed by atoms with E-state index in [0.29, 0.717) is 12.8 Å². The molecule has 0 heterocycles. The maximum Gasteiger partial charge on any atom is 0.303 e. The lowest BCUT2D eigenvalue weighted by atomic mass is 9.92. The Morgan fingerprint density at radius 1 is 1.28 bits per heavy atom. The minimum Gasteiger partial charge on any atom is -0.481 e. The number of aliphatic hydroxyl groups excluding tert-OH is 1. The molecule has 0 bridgehead atoms. The highest BCUT2D eigenvalue weighted by atomic mass is 16.4. The Labute approximate surface area is 108 Å². The van der Waals surface area contributed by atoms with Crippen molar-refractivity contribution in [3.8, 4) is 0 Å². The molecule has 1 aromatic carbocycles. The molecule has 0 saturated carbocycles. The van der Waals surface area contributed by atoms with Crippen molar-refractivity contribution in [1.82, 2.24) is 0 Å². The van der Waals surface area contributed by atoms with Crippen molar-refractivity contribution in [3.05, 3.63) is 48.6 Å². The van der Waals surface area contributed by atoms with Crippen LogP contribution in [0, 0.1) is 5.92 Å². The zero-order chi connectivity index (χ0) is 13.4. The second kappa shape index (κ2) is 7.67. The van der Waals surface area contributed by atoms with Gasteiger partial charge in [0.25, 0.3) is 0 Å². The highest BCUT2D eigenvalue weighted by molar-refractivity contribution is 5.66. The van der Waals surface area contributed by atoms with Crippen molar-refractivity contribution in [2.24, 2.45) is 5.92 Å². The molecule has 0 saturated heterocycles. The number of aryl methyl sites for hydroxylation is 1. The fraction of sp³-hybridized carbons (Fsp3) is 0.400. The first-order chi connectivity index (χ1) is 8.63. The van der Waals surface area contributed by atoms with Gasteiger partial charge in [0.1, 0.15) is 0 Å². The molecule has 2 unspecified atom stereocenters. The van der Waals surface area contributed by atoms with E-state index in [1.807, 2.05) is 30.3 Å². The zero-order valence-electron chi connectivity index (χ0n) is 10.5. The van der Waals surface area contributed by atoms with Gasteiger partial charge >= 0.3 is 5.97 Å². The highest BCUT2D eigenvalue weighted by Crippen LogP contribution is 2.17. The lowest BCUT2D eigenvalue weighted by Gasteiger charge is -2.18. The number of hydrogen-bond acceptors (Lipinski definition) is 2. The molecular formula is C15H20O3. The van der Waals surface area contributed by atoms with Gasteiger partial charge in [0.05, 0.1) is 6.10 Å². The van der Waals surface area contributed by atoms with Crippen LogP contribution in [-0.4, -0.2) is 22.3 Å². The Bertz CT molecular complexity index is 373. The summed E-state index contributed by atoms with van der Waals surface area (Å²) < 4.78 is 0. The summed E-state index contributed by atoms with van der Waals surface area (Å²) in [5.41, 5.74) is 1.18. The molecule has 98 valence electrons. The number of benzene rings is 1. The molecule has 3 nitrogen and oxygen atoms in total. The summed E-state index contributed by atoms with van der Waals surface area (Å²) in [5, 5.41) is 18.7. The van der Waals surface area contributed by atoms with Crippen LogP contribution in [0.25, 0.3) is 0 Å². The summed E-state index contributed by atoms with van der Waals surface area (Å²) in [6, 6.07) is 9.94. The number of rotatable bonds is 8. The number of aliphatic hydroxyl groups is 1. The van der Waals surface area contributed by atoms with Crippen LogP contribution in [0.3, 0.4) is 0 Å². The van der Waals surface area contributed by atoms with E-state index in [1.165, 1.54) is 5.56 Å². The van der Waals surface area contributed by atoms with E-state index in [0.717, 1.165) is 6.42 Å². The van der Waals surface area contributed by atoms with Crippen molar-refractivity contribution in [2.45, 2.75) is 31.8 Å². The molecule has 1 aromatic rings. The minimum absolute atomic E-state index is 0.0685. The lowest BCUT2D eigenvalue weighted by molar-refractivity contribution is -0.137. The Morgan fingerprint density at radius 2 is 1.94 bits per heavy atom. The van der Waals surface area contributed by atoms with Crippen LogP contribution in [0.1, 0.15) is 24.8 Å². The van der Waals surface area contributed by atoms with Crippen molar-refractivity contribution >= 4 is 5.97 Å². The Balaban J connectivity index is 2.40. The van der Waals surface area contributed by atoms with E-state index in [4.69, 9.17) is 5.11 Å². The van der Waals surface area contributed by atoms with Crippen molar-refractivity contribution < 1.29 is 15.0 Å². The predicted molar refractivity (Wildman–Crippen MR) is 71.3 cm³/mol. The molecule has 0 amide bonds. The van der Waals surface area contributed by atoms with Gasteiger partial charge in [0.2, 0.25) is 0 Å². The van der Waals surface area contributed by atoms with Gasteiger partial charge in [0.15, 0.2) is 0 Å². The standard InChI is InChI=1S/C15H20O3/c1-2-13(9-11-15(17)18)14(16)10-8-12-6-4-3-5-7-12/h2-7,13-14,16H,1,8-11H2,(H,17,18). The van der Waals surface area contributed by atoms with Gasteiger partial charge < -0.3 is 10.2 Å². The molecule has 0 aliphatic rings. The number of carbonyl (C=O) groups is 1. The van der Waals surface area contributed by atoms with E-state index in [2.05, 4.69) is 6.58 Å². The number of carboxylic acids is 1. The van der Waals surface area contributed by atoms with Crippen LogP contribution in [0.2, 0.25) is 0 Å². The first kappa shape index (κ1) is 14.5. The normalized spacial score (nSPS) is 13.8. The number of carboxylic acid groups (broad SMARTS) is 1. The van der Waals surface area contributed by atoms with Crippen molar-refractivity contribution in [3.63, 3.8) is 0 Å². The summed E-state index contributed by atoms with van der Waals surface area (Å²) >= 11 is 0. The van der Waals surface area contributed by atoms with Crippen LogP contribution in [0.15, 0.2) is 43.0 Å². The van der Waals surface area contributed by atoms with Gasteiger partial charge in [-0.1, -0.05) is 36.4 Å². The maximum atomic E-state index is 10.5. The number of hydrogen-bond donors (Lipinski definition) is 2. The lowest BCUT2D eigenvalue weighted by Crippen LogP contribution is -2.20. The van der Waals surface area contributed by atoms with Gasteiger partial charge in [0, 0.05) is 12.3 Å². The van der Waals surface area contributed by atoms with Crippen LogP contribution in [0.4, 0.5) is 0 Å². The summed E-state index contributed by atoms with van der Waals surface area (Å²) in [5.74, 6) is -0.984. The van der Waals surface area contributed by atoms with Crippen LogP contribution >= 0.6 is 0 Å². The fourth-order valence-corrected chi connectivity index (χ4v) is 1.93. The summed E-state index contributed by atoms with van der Waals surface area (Å²) in [4.78, 5) is 10.5. The van der Waals surface area contributed by atoms with E-state index in [1.54, 1.807) is 6.08 Å². The number of aliphatic carboxylic acids is 1. The molecule has 2 N–H and O–H groups in total. The van der Waals surface area contributed by atoms with E-state index >= 15 is 0 Å². The Kier molecular flexibility index (Phi) is 6.15. The summed E-state index contributed by atoms with van der Waals surface area (Å²) in [7, 11) is 0. The summed E-state index contributed by atoms with van der Waals surface area (Å²) in [6.07, 6.45) is 3.05. The molecule has 0 spiro atoms. The largest absolute Gasteiger partial charge is 0.481 e. The average Bonchev–Trinajstić information content (AvgIpc) is 2.38. The smallest absolute Gasteiger partial charge is 0.303 e. The quantitative estimate of drug-likeness (QED) is 0.695. The van der Waals surface area contributed by atoms with E-state index < -0.39 is 12.1 Å².